The van der Waals surface area contributed by atoms with Gasteiger partial charge in [0, 0.05) is 5.92 Å². The largest absolute Gasteiger partial charge is 0.389 e. The van der Waals surface area contributed by atoms with Gasteiger partial charge in [-0.1, -0.05) is 35.5 Å². The highest BCUT2D eigenvalue weighted by Gasteiger charge is 2.39. The summed E-state index contributed by atoms with van der Waals surface area (Å²) in [5.74, 6) is 0.0408. The maximum atomic E-state index is 12.8. The smallest absolute Gasteiger partial charge is 0.164 e. The van der Waals surface area contributed by atoms with Crippen LogP contribution >= 0.6 is 0 Å². The van der Waals surface area contributed by atoms with E-state index in [2.05, 4.69) is 5.16 Å². The Balaban J connectivity index is 1.46. The molecule has 0 saturated carbocycles. The number of hydrogen-bond acceptors (Lipinski definition) is 4. The van der Waals surface area contributed by atoms with Crippen molar-refractivity contribution in [3.63, 3.8) is 0 Å². The van der Waals surface area contributed by atoms with Gasteiger partial charge in [0.1, 0.15) is 6.67 Å². The van der Waals surface area contributed by atoms with Gasteiger partial charge in [-0.15, -0.1) is 0 Å². The second-order valence-electron chi connectivity index (χ2n) is 5.16. The van der Waals surface area contributed by atoms with Crippen molar-refractivity contribution in [3.05, 3.63) is 35.9 Å². The SMILES string of the molecule is FCC1ON=C2CO[C@@H](COCc3ccccc3)CC21. The molecule has 2 unspecified atom stereocenters. The van der Waals surface area contributed by atoms with E-state index in [0.29, 0.717) is 26.2 Å². The van der Waals surface area contributed by atoms with E-state index in [1.165, 1.54) is 0 Å². The predicted octanol–water partition coefficient (Wildman–Crippen LogP) is 2.33. The Kier molecular flexibility index (Phi) is 4.28. The van der Waals surface area contributed by atoms with Gasteiger partial charge < -0.3 is 14.3 Å². The van der Waals surface area contributed by atoms with Crippen LogP contribution < -0.4 is 0 Å². The van der Waals surface area contributed by atoms with Crippen LogP contribution in [0.5, 0.6) is 0 Å². The Hall–Kier alpha value is -1.46. The van der Waals surface area contributed by atoms with Gasteiger partial charge >= 0.3 is 0 Å². The average molecular weight is 279 g/mol. The molecule has 1 aromatic rings. The zero-order valence-corrected chi connectivity index (χ0v) is 11.2. The molecule has 1 saturated heterocycles. The highest BCUT2D eigenvalue weighted by atomic mass is 19.1. The number of nitrogens with zero attached hydrogens (tertiary/aromatic N) is 1. The quantitative estimate of drug-likeness (QED) is 0.830. The van der Waals surface area contributed by atoms with Gasteiger partial charge in [-0.2, -0.15) is 0 Å². The van der Waals surface area contributed by atoms with Crippen molar-refractivity contribution in [2.75, 3.05) is 19.9 Å². The minimum absolute atomic E-state index is 0.0154. The van der Waals surface area contributed by atoms with Crippen molar-refractivity contribution in [2.24, 2.45) is 11.1 Å². The standard InChI is InChI=1S/C15H18FNO3/c16-7-15-13-6-12(19-10-14(13)17-20-15)9-18-8-11-4-2-1-3-5-11/h1-5,12-13,15H,6-10H2/t12-,13?,15?/m1/s1. The Bertz CT molecular complexity index is 465. The minimum atomic E-state index is -0.505. The summed E-state index contributed by atoms with van der Waals surface area (Å²) in [6.07, 6.45) is 0.256. The first-order valence-corrected chi connectivity index (χ1v) is 6.88. The van der Waals surface area contributed by atoms with E-state index in [4.69, 9.17) is 14.3 Å². The molecule has 0 N–H and O–H groups in total. The topological polar surface area (TPSA) is 40.0 Å². The lowest BCUT2D eigenvalue weighted by atomic mass is 9.90. The predicted molar refractivity (Wildman–Crippen MR) is 72.2 cm³/mol. The third-order valence-corrected chi connectivity index (χ3v) is 3.73. The van der Waals surface area contributed by atoms with Gasteiger partial charge in [0.25, 0.3) is 0 Å². The summed E-state index contributed by atoms with van der Waals surface area (Å²) < 4.78 is 24.1. The van der Waals surface area contributed by atoms with E-state index in [1.807, 2.05) is 30.3 Å². The highest BCUT2D eigenvalue weighted by molar-refractivity contribution is 5.89. The van der Waals surface area contributed by atoms with Crippen molar-refractivity contribution in [1.29, 1.82) is 0 Å². The third kappa shape index (κ3) is 2.99. The molecule has 2 aliphatic heterocycles. The van der Waals surface area contributed by atoms with Gasteiger partial charge in [0.2, 0.25) is 0 Å². The van der Waals surface area contributed by atoms with Gasteiger partial charge in [0.05, 0.1) is 31.6 Å². The molecule has 4 nitrogen and oxygen atoms in total. The molecule has 0 radical (unpaired) electrons. The molecular formula is C15H18FNO3. The molecular weight excluding hydrogens is 261 g/mol. The fourth-order valence-electron chi connectivity index (χ4n) is 2.60. The number of fused-ring (bicyclic) bond motifs is 1. The second-order valence-corrected chi connectivity index (χ2v) is 5.16. The molecule has 108 valence electrons. The minimum Gasteiger partial charge on any atom is -0.389 e. The first-order chi connectivity index (χ1) is 9.86. The number of oxime groups is 1. The van der Waals surface area contributed by atoms with Gasteiger partial charge in [-0.25, -0.2) is 4.39 Å². The lowest BCUT2D eigenvalue weighted by molar-refractivity contribution is -0.0379. The van der Waals surface area contributed by atoms with Crippen LogP contribution in [0.1, 0.15) is 12.0 Å². The van der Waals surface area contributed by atoms with Crippen LogP contribution in [0.2, 0.25) is 0 Å². The zero-order valence-electron chi connectivity index (χ0n) is 11.2. The second kappa shape index (κ2) is 6.33. The van der Waals surface area contributed by atoms with Crippen molar-refractivity contribution < 1.29 is 18.7 Å². The van der Waals surface area contributed by atoms with Crippen molar-refractivity contribution in [1.82, 2.24) is 0 Å². The van der Waals surface area contributed by atoms with E-state index in [9.17, 15) is 4.39 Å². The van der Waals surface area contributed by atoms with Crippen molar-refractivity contribution in [2.45, 2.75) is 25.2 Å². The Morgan fingerprint density at radius 1 is 1.30 bits per heavy atom. The Morgan fingerprint density at radius 2 is 2.15 bits per heavy atom. The van der Waals surface area contributed by atoms with E-state index in [-0.39, 0.29) is 12.0 Å². The monoisotopic (exact) mass is 279 g/mol. The Morgan fingerprint density at radius 3 is 2.95 bits per heavy atom. The van der Waals surface area contributed by atoms with Gasteiger partial charge in [-0.05, 0) is 12.0 Å². The van der Waals surface area contributed by atoms with E-state index in [0.717, 1.165) is 11.3 Å². The molecule has 20 heavy (non-hydrogen) atoms. The first-order valence-electron chi connectivity index (χ1n) is 6.88. The van der Waals surface area contributed by atoms with Crippen molar-refractivity contribution in [3.8, 4) is 0 Å². The first kappa shape index (κ1) is 13.5. The third-order valence-electron chi connectivity index (χ3n) is 3.73. The van der Waals surface area contributed by atoms with E-state index >= 15 is 0 Å². The molecule has 1 fully saturated rings. The molecule has 3 atom stereocenters. The summed E-state index contributed by atoms with van der Waals surface area (Å²) in [6.45, 7) is 0.989. The fraction of sp³-hybridized carbons (Fsp3) is 0.533. The summed E-state index contributed by atoms with van der Waals surface area (Å²) in [5.41, 5.74) is 1.96. The molecule has 3 rings (SSSR count). The fourth-order valence-corrected chi connectivity index (χ4v) is 2.60. The molecule has 5 heteroatoms. The molecule has 1 aromatic carbocycles. The molecule has 0 spiro atoms. The lowest BCUT2D eigenvalue weighted by Gasteiger charge is -2.28. The molecule has 2 heterocycles. The highest BCUT2D eigenvalue weighted by Crippen LogP contribution is 2.29. The van der Waals surface area contributed by atoms with Crippen LogP contribution in [0.4, 0.5) is 4.39 Å². The van der Waals surface area contributed by atoms with Crippen LogP contribution in [0.3, 0.4) is 0 Å². The zero-order chi connectivity index (χ0) is 13.8. The summed E-state index contributed by atoms with van der Waals surface area (Å²) in [7, 11) is 0. The average Bonchev–Trinajstić information content (AvgIpc) is 2.91. The van der Waals surface area contributed by atoms with Crippen LogP contribution in [-0.4, -0.2) is 37.8 Å². The number of halogens is 1. The van der Waals surface area contributed by atoms with Gasteiger partial charge in [0.15, 0.2) is 6.10 Å². The number of ether oxygens (including phenoxy) is 2. The summed E-state index contributed by atoms with van der Waals surface area (Å²) in [6, 6.07) is 10.00. The summed E-state index contributed by atoms with van der Waals surface area (Å²) >= 11 is 0. The molecule has 0 aliphatic carbocycles. The van der Waals surface area contributed by atoms with Crippen LogP contribution in [-0.2, 0) is 20.9 Å². The number of hydrogen-bond donors (Lipinski definition) is 0. The van der Waals surface area contributed by atoms with Crippen LogP contribution in [0.25, 0.3) is 0 Å². The number of rotatable bonds is 5. The maximum Gasteiger partial charge on any atom is 0.164 e. The van der Waals surface area contributed by atoms with Crippen molar-refractivity contribution >= 4 is 5.71 Å². The normalized spacial score (nSPS) is 28.6. The van der Waals surface area contributed by atoms with E-state index in [1.54, 1.807) is 0 Å². The number of benzene rings is 1. The number of alkyl halides is 1. The lowest BCUT2D eigenvalue weighted by Crippen LogP contribution is -2.39. The maximum absolute atomic E-state index is 12.8. The summed E-state index contributed by atoms with van der Waals surface area (Å²) in [4.78, 5) is 5.06. The molecule has 0 bridgehead atoms. The van der Waals surface area contributed by atoms with E-state index < -0.39 is 12.8 Å². The molecule has 0 aromatic heterocycles. The van der Waals surface area contributed by atoms with Crippen LogP contribution in [0, 0.1) is 5.92 Å². The summed E-state index contributed by atoms with van der Waals surface area (Å²) in [5, 5.41) is 3.88. The van der Waals surface area contributed by atoms with Gasteiger partial charge in [-0.3, -0.25) is 0 Å². The van der Waals surface area contributed by atoms with Crippen LogP contribution in [0.15, 0.2) is 35.5 Å². The molecule has 0 amide bonds. The molecule has 2 aliphatic rings. The Labute approximate surface area is 117 Å².